The molecule has 1 nitrogen and oxygen atoms in total. The third-order valence-corrected chi connectivity index (χ3v) is 2.28. The molecule has 0 aliphatic rings. The molecule has 1 rings (SSSR count). The molecular formula is C12H14O. The molecule has 0 amide bonds. The Bertz CT molecular complexity index is 348. The fraction of sp³-hybridized carbons (Fsp3) is 0.250. The molecular weight excluding hydrogens is 160 g/mol. The van der Waals surface area contributed by atoms with Gasteiger partial charge in [0.25, 0.3) is 0 Å². The van der Waals surface area contributed by atoms with Crippen LogP contribution < -0.4 is 0 Å². The Balaban J connectivity index is 3.10. The van der Waals surface area contributed by atoms with E-state index < -0.39 is 0 Å². The SMILES string of the molecule is CC(=CC=O)c1ccc(C)c(C)c1. The van der Waals surface area contributed by atoms with Crippen molar-refractivity contribution in [3.63, 3.8) is 0 Å². The second kappa shape index (κ2) is 4.04. The molecule has 13 heavy (non-hydrogen) atoms. The number of carbonyl (C=O) groups is 1. The first-order chi connectivity index (χ1) is 6.15. The second-order valence-electron chi connectivity index (χ2n) is 3.28. The number of rotatable bonds is 2. The standard InChI is InChI=1S/C12H14O/c1-9-4-5-12(8-11(9)3)10(2)6-7-13/h4-8H,1-3H3. The maximum absolute atomic E-state index is 10.3. The van der Waals surface area contributed by atoms with Crippen molar-refractivity contribution < 1.29 is 4.79 Å². The Morgan fingerprint density at radius 3 is 2.46 bits per heavy atom. The van der Waals surface area contributed by atoms with Crippen molar-refractivity contribution in [1.29, 1.82) is 0 Å². The number of hydrogen-bond donors (Lipinski definition) is 0. The fourth-order valence-corrected chi connectivity index (χ4v) is 1.18. The molecule has 68 valence electrons. The van der Waals surface area contributed by atoms with Gasteiger partial charge in [0.15, 0.2) is 0 Å². The number of allylic oxidation sites excluding steroid dienone is 2. The molecule has 0 unspecified atom stereocenters. The van der Waals surface area contributed by atoms with Crippen molar-refractivity contribution in [1.82, 2.24) is 0 Å². The Morgan fingerprint density at radius 1 is 1.23 bits per heavy atom. The molecule has 0 radical (unpaired) electrons. The molecule has 0 fully saturated rings. The minimum absolute atomic E-state index is 0.824. The molecule has 1 aromatic carbocycles. The highest BCUT2D eigenvalue weighted by molar-refractivity contribution is 5.80. The number of hydrogen-bond acceptors (Lipinski definition) is 1. The van der Waals surface area contributed by atoms with E-state index in [1.54, 1.807) is 6.08 Å². The molecule has 1 heteroatoms. The minimum Gasteiger partial charge on any atom is -0.299 e. The van der Waals surface area contributed by atoms with Crippen LogP contribution in [-0.4, -0.2) is 6.29 Å². The van der Waals surface area contributed by atoms with E-state index in [0.717, 1.165) is 17.4 Å². The Labute approximate surface area is 79.1 Å². The lowest BCUT2D eigenvalue weighted by Gasteiger charge is -2.04. The highest BCUT2D eigenvalue weighted by Gasteiger charge is 1.97. The van der Waals surface area contributed by atoms with E-state index in [2.05, 4.69) is 26.0 Å². The Kier molecular flexibility index (Phi) is 3.02. The normalized spacial score (nSPS) is 11.5. The quantitative estimate of drug-likeness (QED) is 0.497. The average molecular weight is 174 g/mol. The zero-order chi connectivity index (χ0) is 9.84. The van der Waals surface area contributed by atoms with Gasteiger partial charge in [0.05, 0.1) is 0 Å². The van der Waals surface area contributed by atoms with Gasteiger partial charge in [-0.05, 0) is 49.1 Å². The van der Waals surface area contributed by atoms with Crippen molar-refractivity contribution in [3.05, 3.63) is 41.0 Å². The molecule has 0 atom stereocenters. The predicted octanol–water partition coefficient (Wildman–Crippen LogP) is 2.91. The summed E-state index contributed by atoms with van der Waals surface area (Å²) >= 11 is 0. The van der Waals surface area contributed by atoms with Gasteiger partial charge in [-0.2, -0.15) is 0 Å². The van der Waals surface area contributed by atoms with Crippen LogP contribution >= 0.6 is 0 Å². The van der Waals surface area contributed by atoms with E-state index in [1.807, 2.05) is 13.0 Å². The lowest BCUT2D eigenvalue weighted by Crippen LogP contribution is -1.85. The van der Waals surface area contributed by atoms with Gasteiger partial charge in [0.1, 0.15) is 6.29 Å². The largest absolute Gasteiger partial charge is 0.299 e. The van der Waals surface area contributed by atoms with E-state index in [0.29, 0.717) is 0 Å². The van der Waals surface area contributed by atoms with Gasteiger partial charge in [-0.15, -0.1) is 0 Å². The van der Waals surface area contributed by atoms with Crippen molar-refractivity contribution >= 4 is 11.9 Å². The van der Waals surface area contributed by atoms with Crippen LogP contribution in [0.5, 0.6) is 0 Å². The molecule has 0 saturated heterocycles. The molecule has 0 aliphatic carbocycles. The van der Waals surface area contributed by atoms with Crippen molar-refractivity contribution in [3.8, 4) is 0 Å². The van der Waals surface area contributed by atoms with Gasteiger partial charge >= 0.3 is 0 Å². The lowest BCUT2D eigenvalue weighted by molar-refractivity contribution is -0.104. The topological polar surface area (TPSA) is 17.1 Å². The first-order valence-electron chi connectivity index (χ1n) is 4.35. The van der Waals surface area contributed by atoms with Crippen LogP contribution in [0.1, 0.15) is 23.6 Å². The Morgan fingerprint density at radius 2 is 1.92 bits per heavy atom. The molecule has 0 saturated carbocycles. The molecule has 0 N–H and O–H groups in total. The number of aldehydes is 1. The van der Waals surface area contributed by atoms with Gasteiger partial charge in [-0.25, -0.2) is 0 Å². The molecule has 0 bridgehead atoms. The van der Waals surface area contributed by atoms with E-state index in [1.165, 1.54) is 11.1 Å². The highest BCUT2D eigenvalue weighted by Crippen LogP contribution is 2.16. The van der Waals surface area contributed by atoms with Gasteiger partial charge in [0, 0.05) is 0 Å². The van der Waals surface area contributed by atoms with Crippen molar-refractivity contribution in [2.75, 3.05) is 0 Å². The summed E-state index contributed by atoms with van der Waals surface area (Å²) in [7, 11) is 0. The van der Waals surface area contributed by atoms with E-state index in [-0.39, 0.29) is 0 Å². The summed E-state index contributed by atoms with van der Waals surface area (Å²) in [5.41, 5.74) is 4.67. The van der Waals surface area contributed by atoms with E-state index in [9.17, 15) is 4.79 Å². The van der Waals surface area contributed by atoms with E-state index in [4.69, 9.17) is 0 Å². The summed E-state index contributed by atoms with van der Waals surface area (Å²) in [6, 6.07) is 6.22. The second-order valence-corrected chi connectivity index (χ2v) is 3.28. The molecule has 1 aromatic rings. The summed E-state index contributed by atoms with van der Waals surface area (Å²) in [6.07, 6.45) is 2.41. The van der Waals surface area contributed by atoms with Crippen LogP contribution in [0, 0.1) is 13.8 Å². The molecule has 0 spiro atoms. The van der Waals surface area contributed by atoms with Gasteiger partial charge < -0.3 is 0 Å². The average Bonchev–Trinajstić information content (AvgIpc) is 2.10. The third kappa shape index (κ3) is 2.28. The smallest absolute Gasteiger partial charge is 0.143 e. The maximum atomic E-state index is 10.3. The summed E-state index contributed by atoms with van der Waals surface area (Å²) < 4.78 is 0. The summed E-state index contributed by atoms with van der Waals surface area (Å²) in [5.74, 6) is 0. The monoisotopic (exact) mass is 174 g/mol. The number of carbonyl (C=O) groups excluding carboxylic acids is 1. The summed E-state index contributed by atoms with van der Waals surface area (Å²) in [6.45, 7) is 6.10. The fourth-order valence-electron chi connectivity index (χ4n) is 1.18. The maximum Gasteiger partial charge on any atom is 0.143 e. The van der Waals surface area contributed by atoms with Crippen LogP contribution in [0.3, 0.4) is 0 Å². The predicted molar refractivity (Wildman–Crippen MR) is 55.6 cm³/mol. The van der Waals surface area contributed by atoms with E-state index >= 15 is 0 Å². The van der Waals surface area contributed by atoms with Gasteiger partial charge in [-0.3, -0.25) is 4.79 Å². The molecule has 0 heterocycles. The lowest BCUT2D eigenvalue weighted by atomic mass is 10.0. The van der Waals surface area contributed by atoms with Crippen molar-refractivity contribution in [2.45, 2.75) is 20.8 Å². The number of benzene rings is 1. The van der Waals surface area contributed by atoms with Crippen LogP contribution in [0.2, 0.25) is 0 Å². The van der Waals surface area contributed by atoms with Crippen LogP contribution in [0.4, 0.5) is 0 Å². The minimum atomic E-state index is 0.824. The summed E-state index contributed by atoms with van der Waals surface area (Å²) in [4.78, 5) is 10.3. The third-order valence-electron chi connectivity index (χ3n) is 2.28. The van der Waals surface area contributed by atoms with Crippen molar-refractivity contribution in [2.24, 2.45) is 0 Å². The van der Waals surface area contributed by atoms with Gasteiger partial charge in [-0.1, -0.05) is 18.2 Å². The first-order valence-corrected chi connectivity index (χ1v) is 4.35. The number of aryl methyl sites for hydroxylation is 2. The first kappa shape index (κ1) is 9.72. The molecule has 0 aromatic heterocycles. The zero-order valence-corrected chi connectivity index (χ0v) is 8.29. The van der Waals surface area contributed by atoms with Crippen LogP contribution in [-0.2, 0) is 4.79 Å². The van der Waals surface area contributed by atoms with Crippen LogP contribution in [0.25, 0.3) is 5.57 Å². The Hall–Kier alpha value is -1.37. The van der Waals surface area contributed by atoms with Crippen LogP contribution in [0.15, 0.2) is 24.3 Å². The summed E-state index contributed by atoms with van der Waals surface area (Å²) in [5, 5.41) is 0. The zero-order valence-electron chi connectivity index (χ0n) is 8.29. The van der Waals surface area contributed by atoms with Gasteiger partial charge in [0.2, 0.25) is 0 Å². The molecule has 0 aliphatic heterocycles. The highest BCUT2D eigenvalue weighted by atomic mass is 16.1.